The highest BCUT2D eigenvalue weighted by molar-refractivity contribution is 6.47. The summed E-state index contributed by atoms with van der Waals surface area (Å²) in [6.07, 6.45) is 15.6. The monoisotopic (exact) mass is 387 g/mol. The fourth-order valence-corrected chi connectivity index (χ4v) is 7.79. The number of hydrogen-bond donors (Lipinski definition) is 1. The number of nitrogens with one attached hydrogen (secondary N) is 1. The summed E-state index contributed by atoms with van der Waals surface area (Å²) >= 11 is 0. The van der Waals surface area contributed by atoms with Crippen molar-refractivity contribution < 1.29 is 9.31 Å². The van der Waals surface area contributed by atoms with Crippen LogP contribution in [0.3, 0.4) is 0 Å². The van der Waals surface area contributed by atoms with E-state index in [1.165, 1.54) is 70.6 Å². The Kier molecular flexibility index (Phi) is 5.16. The van der Waals surface area contributed by atoms with Crippen LogP contribution in [0.1, 0.15) is 98.3 Å². The molecule has 5 aliphatic rings. The maximum absolute atomic E-state index is 6.60. The molecule has 0 aromatic rings. The molecule has 28 heavy (non-hydrogen) atoms. The lowest BCUT2D eigenvalue weighted by atomic mass is 9.51. The van der Waals surface area contributed by atoms with Crippen LogP contribution < -0.4 is 5.32 Å². The van der Waals surface area contributed by atoms with Crippen molar-refractivity contribution >= 4 is 7.12 Å². The summed E-state index contributed by atoms with van der Waals surface area (Å²) in [7, 11) is 0.00666. The third kappa shape index (κ3) is 3.21. The van der Waals surface area contributed by atoms with Gasteiger partial charge in [0.1, 0.15) is 0 Å². The number of rotatable bonds is 2. The zero-order valence-corrected chi connectivity index (χ0v) is 18.7. The zero-order chi connectivity index (χ0) is 19.5. The molecule has 5 rings (SSSR count). The van der Waals surface area contributed by atoms with Gasteiger partial charge < -0.3 is 14.6 Å². The van der Waals surface area contributed by atoms with Gasteiger partial charge in [0, 0.05) is 12.1 Å². The van der Waals surface area contributed by atoms with Gasteiger partial charge in [-0.15, -0.1) is 0 Å². The molecule has 158 valence electrons. The van der Waals surface area contributed by atoms with Crippen LogP contribution in [0.25, 0.3) is 0 Å². The van der Waals surface area contributed by atoms with Crippen molar-refractivity contribution in [1.29, 1.82) is 0 Å². The number of hydrogen-bond acceptors (Lipinski definition) is 3. The van der Waals surface area contributed by atoms with Crippen molar-refractivity contribution in [3.05, 3.63) is 0 Å². The first kappa shape index (κ1) is 19.9. The van der Waals surface area contributed by atoms with Crippen molar-refractivity contribution in [2.75, 3.05) is 0 Å². The molecule has 0 aromatic carbocycles. The van der Waals surface area contributed by atoms with E-state index in [2.05, 4.69) is 33.0 Å². The summed E-state index contributed by atoms with van der Waals surface area (Å²) in [5.41, 5.74) is -0.393. The highest BCUT2D eigenvalue weighted by Gasteiger charge is 2.58. The second kappa shape index (κ2) is 7.27. The van der Waals surface area contributed by atoms with Crippen molar-refractivity contribution in [3.8, 4) is 0 Å². The summed E-state index contributed by atoms with van der Waals surface area (Å²) in [5.74, 6) is 4.17. The molecule has 4 heteroatoms. The summed E-state index contributed by atoms with van der Waals surface area (Å²) in [5, 5.41) is 4.11. The molecule has 0 spiro atoms. The van der Waals surface area contributed by atoms with Gasteiger partial charge in [-0.05, 0) is 82.9 Å². The van der Waals surface area contributed by atoms with Crippen molar-refractivity contribution in [2.45, 2.75) is 127 Å². The van der Waals surface area contributed by atoms with Crippen LogP contribution in [0.2, 0.25) is 5.82 Å². The maximum Gasteiger partial charge on any atom is 0.461 e. The van der Waals surface area contributed by atoms with Gasteiger partial charge >= 0.3 is 7.12 Å². The molecular formula is C24H42BNO2. The molecule has 0 amide bonds. The van der Waals surface area contributed by atoms with E-state index in [1.807, 2.05) is 0 Å². The van der Waals surface area contributed by atoms with E-state index in [0.29, 0.717) is 5.82 Å². The Labute approximate surface area is 173 Å². The molecule has 3 aliphatic carbocycles. The smallest absolute Gasteiger partial charge is 0.403 e. The van der Waals surface area contributed by atoms with E-state index in [4.69, 9.17) is 9.31 Å². The third-order valence-corrected chi connectivity index (χ3v) is 9.80. The van der Waals surface area contributed by atoms with Gasteiger partial charge in [0.25, 0.3) is 0 Å². The average molecular weight is 387 g/mol. The first-order valence-electron chi connectivity index (χ1n) is 12.5. The summed E-state index contributed by atoms with van der Waals surface area (Å²) in [6, 6.07) is 1.62. The van der Waals surface area contributed by atoms with E-state index in [0.717, 1.165) is 35.8 Å². The third-order valence-electron chi connectivity index (χ3n) is 9.80. The predicted octanol–water partition coefficient (Wildman–Crippen LogP) is 5.59. The average Bonchev–Trinajstić information content (AvgIpc) is 3.15. The summed E-state index contributed by atoms with van der Waals surface area (Å²) in [6.45, 7) is 8.87. The molecule has 4 unspecified atom stereocenters. The highest BCUT2D eigenvalue weighted by Crippen LogP contribution is 2.55. The molecule has 2 heterocycles. The standard InChI is InChI=1S/C24H42BNO2/c1-23(2)24(3,4)28-25(27-23)19-13-7-5-10-16(19)17-12-9-15-21-22(17)18-11-6-8-14-20(18)26-21/h16-22,26H,5-15H2,1-4H3/t16?,17-,18?,19?,20+,21-,22?/m0/s1. The lowest BCUT2D eigenvalue weighted by molar-refractivity contribution is 0.00578. The summed E-state index contributed by atoms with van der Waals surface area (Å²) < 4.78 is 13.2. The van der Waals surface area contributed by atoms with E-state index in [9.17, 15) is 0 Å². The molecule has 2 saturated heterocycles. The first-order valence-corrected chi connectivity index (χ1v) is 12.5. The minimum atomic E-state index is -0.196. The Bertz CT molecular complexity index is 563. The maximum atomic E-state index is 6.60. The molecule has 7 atom stereocenters. The minimum absolute atomic E-state index is 0.00666. The molecular weight excluding hydrogens is 345 g/mol. The molecule has 3 nitrogen and oxygen atoms in total. The van der Waals surface area contributed by atoms with Crippen LogP contribution in [-0.2, 0) is 9.31 Å². The molecule has 5 fully saturated rings. The molecule has 0 aromatic heterocycles. The van der Waals surface area contributed by atoms with Crippen LogP contribution in [0.5, 0.6) is 0 Å². The zero-order valence-electron chi connectivity index (χ0n) is 18.7. The summed E-state index contributed by atoms with van der Waals surface area (Å²) in [4.78, 5) is 0. The second-order valence-electron chi connectivity index (χ2n) is 11.7. The van der Waals surface area contributed by atoms with E-state index in [1.54, 1.807) is 0 Å². The lowest BCUT2D eigenvalue weighted by Crippen LogP contribution is -2.44. The van der Waals surface area contributed by atoms with Crippen LogP contribution in [-0.4, -0.2) is 30.4 Å². The van der Waals surface area contributed by atoms with Crippen LogP contribution in [0.4, 0.5) is 0 Å². The molecule has 0 bridgehead atoms. The molecule has 3 saturated carbocycles. The van der Waals surface area contributed by atoms with Gasteiger partial charge in [-0.1, -0.05) is 44.9 Å². The SMILES string of the molecule is CC1(C)OB(C2CCCCC2[C@@H]2CCC[C@@H]3N[C@@H]4CCCCC4C23)OC1(C)C. The van der Waals surface area contributed by atoms with Gasteiger partial charge in [-0.2, -0.15) is 0 Å². The number of fused-ring (bicyclic) bond motifs is 3. The Morgan fingerprint density at radius 1 is 0.643 bits per heavy atom. The Morgan fingerprint density at radius 2 is 1.21 bits per heavy atom. The van der Waals surface area contributed by atoms with Crippen molar-refractivity contribution in [3.63, 3.8) is 0 Å². The Hall–Kier alpha value is -0.0551. The van der Waals surface area contributed by atoms with Crippen LogP contribution in [0.15, 0.2) is 0 Å². The van der Waals surface area contributed by atoms with E-state index < -0.39 is 0 Å². The van der Waals surface area contributed by atoms with Crippen LogP contribution in [0, 0.1) is 23.7 Å². The predicted molar refractivity (Wildman–Crippen MR) is 115 cm³/mol. The molecule has 1 N–H and O–H groups in total. The second-order valence-corrected chi connectivity index (χ2v) is 11.7. The van der Waals surface area contributed by atoms with Crippen molar-refractivity contribution in [2.24, 2.45) is 23.7 Å². The van der Waals surface area contributed by atoms with Gasteiger partial charge in [-0.25, -0.2) is 0 Å². The lowest BCUT2D eigenvalue weighted by Gasteiger charge is -2.46. The molecule has 0 radical (unpaired) electrons. The van der Waals surface area contributed by atoms with Gasteiger partial charge in [0.15, 0.2) is 0 Å². The minimum Gasteiger partial charge on any atom is -0.403 e. The van der Waals surface area contributed by atoms with Gasteiger partial charge in [0.05, 0.1) is 11.2 Å². The quantitative estimate of drug-likeness (QED) is 0.627. The fourth-order valence-electron chi connectivity index (χ4n) is 7.79. The highest BCUT2D eigenvalue weighted by atomic mass is 16.7. The van der Waals surface area contributed by atoms with E-state index in [-0.39, 0.29) is 18.3 Å². The van der Waals surface area contributed by atoms with Gasteiger partial charge in [-0.3, -0.25) is 0 Å². The first-order chi connectivity index (χ1) is 13.4. The van der Waals surface area contributed by atoms with Gasteiger partial charge in [0.2, 0.25) is 0 Å². The van der Waals surface area contributed by atoms with E-state index >= 15 is 0 Å². The topological polar surface area (TPSA) is 30.5 Å². The molecule has 2 aliphatic heterocycles. The Balaban J connectivity index is 1.39. The fraction of sp³-hybridized carbons (Fsp3) is 1.00. The largest absolute Gasteiger partial charge is 0.461 e. The van der Waals surface area contributed by atoms with Crippen LogP contribution >= 0.6 is 0 Å². The van der Waals surface area contributed by atoms with Crippen molar-refractivity contribution in [1.82, 2.24) is 5.32 Å². The Morgan fingerprint density at radius 3 is 1.96 bits per heavy atom. The normalized spacial score (nSPS) is 47.6.